The third-order valence-corrected chi connectivity index (χ3v) is 7.41. The summed E-state index contributed by atoms with van der Waals surface area (Å²) in [5.74, 6) is -7.07. The maximum absolute atomic E-state index is 14.3. The van der Waals surface area contributed by atoms with Gasteiger partial charge in [0, 0.05) is 0 Å². The monoisotopic (exact) mass is 486 g/mol. The molecular weight excluding hydrogens is 456 g/mol. The lowest BCUT2D eigenvalue weighted by Crippen LogP contribution is -2.55. The van der Waals surface area contributed by atoms with Crippen LogP contribution < -0.4 is 4.74 Å². The largest absolute Gasteiger partial charge is 0.474 e. The second-order valence-corrected chi connectivity index (χ2v) is 9.56. The minimum atomic E-state index is -6.54. The van der Waals surface area contributed by atoms with Gasteiger partial charge in [-0.1, -0.05) is 38.7 Å². The number of rotatable bonds is 7. The summed E-state index contributed by atoms with van der Waals surface area (Å²) in [5, 5.41) is 0. The van der Waals surface area contributed by atoms with E-state index in [0.717, 1.165) is 37.7 Å². The van der Waals surface area contributed by atoms with Gasteiger partial charge in [-0.05, 0) is 79.9 Å². The van der Waals surface area contributed by atoms with Crippen LogP contribution in [0.3, 0.4) is 0 Å². The van der Waals surface area contributed by atoms with Crippen molar-refractivity contribution in [2.24, 2.45) is 17.8 Å². The molecule has 9 heteroatoms. The van der Waals surface area contributed by atoms with Crippen LogP contribution in [0.2, 0.25) is 0 Å². The molecule has 1 nitrogen and oxygen atoms in total. The third kappa shape index (κ3) is 5.76. The lowest BCUT2D eigenvalue weighted by molar-refractivity contribution is -0.403. The van der Waals surface area contributed by atoms with Crippen molar-refractivity contribution in [2.45, 2.75) is 95.3 Å². The third-order valence-electron chi connectivity index (χ3n) is 7.41. The molecule has 2 saturated carbocycles. The molecule has 0 amide bonds. The lowest BCUT2D eigenvalue weighted by Gasteiger charge is -2.38. The smallest absolute Gasteiger partial charge is 0.425 e. The second kappa shape index (κ2) is 9.98. The summed E-state index contributed by atoms with van der Waals surface area (Å²) in [6, 6.07) is 2.87. The minimum Gasteiger partial charge on any atom is -0.425 e. The molecule has 2 fully saturated rings. The fourth-order valence-electron chi connectivity index (χ4n) is 5.50. The first kappa shape index (κ1) is 26.1. The predicted molar refractivity (Wildman–Crippen MR) is 108 cm³/mol. The number of hydrogen-bond acceptors (Lipinski definition) is 1. The quantitative estimate of drug-likeness (QED) is 0.350. The molecule has 0 spiro atoms. The molecule has 1 aromatic carbocycles. The van der Waals surface area contributed by atoms with Crippen molar-refractivity contribution < 1.29 is 39.9 Å². The summed E-state index contributed by atoms with van der Waals surface area (Å²) in [6.07, 6.45) is -1.45. The zero-order valence-electron chi connectivity index (χ0n) is 18.5. The summed E-state index contributed by atoms with van der Waals surface area (Å²) in [4.78, 5) is 0. The molecule has 0 radical (unpaired) electrons. The average molecular weight is 486 g/mol. The van der Waals surface area contributed by atoms with Crippen LogP contribution in [-0.2, 0) is 0 Å². The van der Waals surface area contributed by atoms with Crippen molar-refractivity contribution in [1.82, 2.24) is 0 Å². The van der Waals surface area contributed by atoms with E-state index in [1.54, 1.807) is 0 Å². The van der Waals surface area contributed by atoms with Gasteiger partial charge in [-0.3, -0.25) is 0 Å². The van der Waals surface area contributed by atoms with Gasteiger partial charge >= 0.3 is 18.2 Å². The topological polar surface area (TPSA) is 9.23 Å². The molecule has 33 heavy (non-hydrogen) atoms. The maximum atomic E-state index is 14.3. The highest BCUT2D eigenvalue weighted by Crippen LogP contribution is 2.48. The van der Waals surface area contributed by atoms with E-state index in [9.17, 15) is 35.1 Å². The molecule has 0 atom stereocenters. The van der Waals surface area contributed by atoms with E-state index in [0.29, 0.717) is 23.5 Å². The molecule has 2 aliphatic carbocycles. The van der Waals surface area contributed by atoms with E-state index in [1.807, 2.05) is 0 Å². The van der Waals surface area contributed by atoms with E-state index >= 15 is 0 Å². The van der Waals surface area contributed by atoms with Crippen molar-refractivity contribution in [3.05, 3.63) is 29.6 Å². The van der Waals surface area contributed by atoms with E-state index in [-0.39, 0.29) is 5.92 Å². The first-order valence-corrected chi connectivity index (χ1v) is 11.7. The Balaban J connectivity index is 1.58. The number of benzene rings is 1. The van der Waals surface area contributed by atoms with Gasteiger partial charge in [-0.25, -0.2) is 4.39 Å². The molecule has 188 valence electrons. The molecule has 0 aromatic heterocycles. The van der Waals surface area contributed by atoms with Crippen LogP contribution in [0.4, 0.5) is 35.1 Å². The van der Waals surface area contributed by atoms with Gasteiger partial charge in [0.1, 0.15) is 0 Å². The summed E-state index contributed by atoms with van der Waals surface area (Å²) in [7, 11) is 0. The van der Waals surface area contributed by atoms with Gasteiger partial charge in [-0.15, -0.1) is 0 Å². The van der Waals surface area contributed by atoms with Gasteiger partial charge < -0.3 is 4.74 Å². The second-order valence-electron chi connectivity index (χ2n) is 9.56. The molecule has 3 rings (SSSR count). The lowest BCUT2D eigenvalue weighted by atomic mass is 9.68. The Morgan fingerprint density at radius 1 is 0.818 bits per heavy atom. The molecule has 0 saturated heterocycles. The number of hydrogen-bond donors (Lipinski definition) is 0. The van der Waals surface area contributed by atoms with Gasteiger partial charge in [0.15, 0.2) is 11.6 Å². The predicted octanol–water partition coefficient (Wildman–Crippen LogP) is 8.88. The Labute approximate surface area is 188 Å². The fourth-order valence-corrected chi connectivity index (χ4v) is 5.50. The van der Waals surface area contributed by atoms with Gasteiger partial charge in [-0.2, -0.15) is 30.7 Å². The molecular formula is C24H30F8O. The minimum absolute atomic E-state index is 0.0154. The Morgan fingerprint density at radius 3 is 1.85 bits per heavy atom. The molecule has 0 aliphatic heterocycles. The number of ether oxygens (including phenoxy) is 1. The standard InChI is InChI=1S/C24H30F8O/c1-2-3-15-4-6-16(7-5-15)17-8-10-18(11-9-17)19-12-13-21(20(25)14-19)33-24(31,32)22(26,27)23(28,29)30/h12-18H,2-11H2,1H3. The van der Waals surface area contributed by atoms with Crippen LogP contribution in [0.25, 0.3) is 0 Å². The van der Waals surface area contributed by atoms with Crippen molar-refractivity contribution in [1.29, 1.82) is 0 Å². The van der Waals surface area contributed by atoms with E-state index in [1.165, 1.54) is 44.6 Å². The van der Waals surface area contributed by atoms with E-state index in [2.05, 4.69) is 11.7 Å². The molecule has 0 heterocycles. The van der Waals surface area contributed by atoms with Crippen LogP contribution >= 0.6 is 0 Å². The zero-order valence-corrected chi connectivity index (χ0v) is 18.5. The zero-order chi connectivity index (χ0) is 24.4. The summed E-state index contributed by atoms with van der Waals surface area (Å²) in [5.41, 5.74) is 0.510. The van der Waals surface area contributed by atoms with Crippen LogP contribution in [0.5, 0.6) is 5.75 Å². The van der Waals surface area contributed by atoms with Gasteiger partial charge in [0.05, 0.1) is 0 Å². The van der Waals surface area contributed by atoms with Gasteiger partial charge in [0.25, 0.3) is 0 Å². The van der Waals surface area contributed by atoms with Crippen molar-refractivity contribution in [2.75, 3.05) is 0 Å². The summed E-state index contributed by atoms with van der Waals surface area (Å²) in [6.45, 7) is 2.21. The van der Waals surface area contributed by atoms with Crippen LogP contribution in [0.1, 0.15) is 82.6 Å². The van der Waals surface area contributed by atoms with Crippen molar-refractivity contribution in [3.8, 4) is 5.75 Å². The summed E-state index contributed by atoms with van der Waals surface area (Å²) < 4.78 is 108. The molecule has 0 N–H and O–H groups in total. The summed E-state index contributed by atoms with van der Waals surface area (Å²) >= 11 is 0. The Hall–Kier alpha value is -1.54. The van der Waals surface area contributed by atoms with E-state index in [4.69, 9.17) is 0 Å². The fraction of sp³-hybridized carbons (Fsp3) is 0.750. The average Bonchev–Trinajstić information content (AvgIpc) is 2.75. The van der Waals surface area contributed by atoms with E-state index < -0.39 is 29.8 Å². The van der Waals surface area contributed by atoms with Crippen LogP contribution in [0, 0.1) is 23.6 Å². The highest BCUT2D eigenvalue weighted by atomic mass is 19.4. The highest BCUT2D eigenvalue weighted by Gasteiger charge is 2.75. The number of alkyl halides is 7. The van der Waals surface area contributed by atoms with Gasteiger partial charge in [0.2, 0.25) is 0 Å². The first-order valence-electron chi connectivity index (χ1n) is 11.7. The van der Waals surface area contributed by atoms with Crippen LogP contribution in [-0.4, -0.2) is 18.2 Å². The Bertz CT molecular complexity index is 775. The molecule has 2 aliphatic rings. The van der Waals surface area contributed by atoms with Crippen molar-refractivity contribution >= 4 is 0 Å². The first-order chi connectivity index (χ1) is 15.4. The molecule has 0 bridgehead atoms. The number of halogens is 8. The maximum Gasteiger partial charge on any atom is 0.474 e. The SMILES string of the molecule is CCCC1CCC(C2CCC(c3ccc(OC(F)(F)C(F)(F)C(F)(F)F)c(F)c3)CC2)CC1. The highest BCUT2D eigenvalue weighted by molar-refractivity contribution is 5.32. The normalized spacial score (nSPS) is 27.4. The van der Waals surface area contributed by atoms with Crippen molar-refractivity contribution in [3.63, 3.8) is 0 Å². The Morgan fingerprint density at radius 2 is 1.36 bits per heavy atom. The Kier molecular flexibility index (Phi) is 7.89. The van der Waals surface area contributed by atoms with Crippen LogP contribution in [0.15, 0.2) is 18.2 Å². The molecule has 1 aromatic rings. The molecule has 0 unspecified atom stereocenters.